The Morgan fingerprint density at radius 3 is 2.75 bits per heavy atom. The Balaban J connectivity index is 2.36. The maximum Gasteiger partial charge on any atom is 0.342 e. The fourth-order valence-electron chi connectivity index (χ4n) is 1.45. The van der Waals surface area contributed by atoms with Crippen molar-refractivity contribution in [3.05, 3.63) is 56.7 Å². The molecule has 0 amide bonds. The highest BCUT2D eigenvalue weighted by Crippen LogP contribution is 2.26. The number of ether oxygens (including phenoxy) is 1. The third-order valence-corrected chi connectivity index (χ3v) is 2.80. The van der Waals surface area contributed by atoms with Gasteiger partial charge in [-0.05, 0) is 18.2 Å². The minimum absolute atomic E-state index is 0.0360. The molecular weight excluding hydrogens is 332 g/mol. The van der Waals surface area contributed by atoms with Gasteiger partial charge in [-0.1, -0.05) is 22.0 Å². The van der Waals surface area contributed by atoms with E-state index in [9.17, 15) is 14.9 Å². The molecule has 8 heteroatoms. The Labute approximate surface area is 121 Å². The topological polar surface area (TPSA) is 103 Å². The molecule has 0 unspecified atom stereocenters. The van der Waals surface area contributed by atoms with E-state index in [0.717, 1.165) is 16.7 Å². The molecule has 1 N–H and O–H groups in total. The third-order valence-electron chi connectivity index (χ3n) is 2.30. The van der Waals surface area contributed by atoms with E-state index in [0.29, 0.717) is 5.75 Å². The molecule has 0 radical (unpaired) electrons. The number of carboxylic acid groups (broad SMARTS) is 1. The number of nitro groups is 1. The Kier molecular flexibility index (Phi) is 3.94. The van der Waals surface area contributed by atoms with Crippen molar-refractivity contribution in [3.63, 3.8) is 0 Å². The quantitative estimate of drug-likeness (QED) is 0.678. The molecule has 102 valence electrons. The molecule has 1 aromatic carbocycles. The van der Waals surface area contributed by atoms with Crippen molar-refractivity contribution in [1.82, 2.24) is 4.98 Å². The number of hydrogen-bond acceptors (Lipinski definition) is 5. The zero-order valence-electron chi connectivity index (χ0n) is 9.82. The van der Waals surface area contributed by atoms with Crippen molar-refractivity contribution in [1.29, 1.82) is 0 Å². The van der Waals surface area contributed by atoms with E-state index in [1.165, 1.54) is 0 Å². The molecule has 0 spiro atoms. The van der Waals surface area contributed by atoms with Crippen molar-refractivity contribution in [2.45, 2.75) is 0 Å². The number of pyridine rings is 1. The molecule has 0 fully saturated rings. The van der Waals surface area contributed by atoms with Crippen LogP contribution in [0, 0.1) is 10.1 Å². The third kappa shape index (κ3) is 3.09. The van der Waals surface area contributed by atoms with Crippen LogP contribution in [0.2, 0.25) is 0 Å². The highest BCUT2D eigenvalue weighted by molar-refractivity contribution is 9.10. The number of halogens is 1. The summed E-state index contributed by atoms with van der Waals surface area (Å²) < 4.78 is 6.13. The Hall–Kier alpha value is -2.48. The number of carbonyl (C=O) groups is 1. The number of carboxylic acids is 1. The lowest BCUT2D eigenvalue weighted by Crippen LogP contribution is -2.04. The summed E-state index contributed by atoms with van der Waals surface area (Å²) in [7, 11) is 0. The van der Waals surface area contributed by atoms with Gasteiger partial charge >= 0.3 is 11.7 Å². The summed E-state index contributed by atoms with van der Waals surface area (Å²) in [6.07, 6.45) is 0.858. The Bertz CT molecular complexity index is 689. The van der Waals surface area contributed by atoms with Gasteiger partial charge in [-0.15, -0.1) is 0 Å². The second-order valence-corrected chi connectivity index (χ2v) is 4.58. The smallest absolute Gasteiger partial charge is 0.342 e. The van der Waals surface area contributed by atoms with E-state index < -0.39 is 22.1 Å². The van der Waals surface area contributed by atoms with Crippen molar-refractivity contribution < 1.29 is 19.6 Å². The highest BCUT2D eigenvalue weighted by atomic mass is 79.9. The van der Waals surface area contributed by atoms with Crippen LogP contribution in [-0.4, -0.2) is 21.0 Å². The summed E-state index contributed by atoms with van der Waals surface area (Å²) in [4.78, 5) is 24.6. The monoisotopic (exact) mass is 338 g/mol. The van der Waals surface area contributed by atoms with Crippen LogP contribution in [0.5, 0.6) is 11.6 Å². The summed E-state index contributed by atoms with van der Waals surface area (Å²) in [6, 6.07) is 7.83. The van der Waals surface area contributed by atoms with E-state index in [2.05, 4.69) is 20.9 Å². The van der Waals surface area contributed by atoms with Gasteiger partial charge in [-0.25, -0.2) is 9.78 Å². The van der Waals surface area contributed by atoms with Gasteiger partial charge in [0.25, 0.3) is 0 Å². The minimum atomic E-state index is -1.42. The van der Waals surface area contributed by atoms with Gasteiger partial charge < -0.3 is 9.84 Å². The summed E-state index contributed by atoms with van der Waals surface area (Å²) in [6.45, 7) is 0. The second-order valence-electron chi connectivity index (χ2n) is 3.66. The first kappa shape index (κ1) is 13.9. The van der Waals surface area contributed by atoms with Gasteiger partial charge in [0.05, 0.1) is 4.92 Å². The molecule has 0 aliphatic rings. The molecule has 0 saturated carbocycles. The molecule has 2 rings (SSSR count). The summed E-state index contributed by atoms with van der Waals surface area (Å²) in [5.74, 6) is -1.03. The summed E-state index contributed by atoms with van der Waals surface area (Å²) >= 11 is 3.26. The molecule has 0 bridgehead atoms. The van der Waals surface area contributed by atoms with Gasteiger partial charge in [0.1, 0.15) is 17.5 Å². The van der Waals surface area contributed by atoms with E-state index in [1.54, 1.807) is 24.3 Å². The van der Waals surface area contributed by atoms with Gasteiger partial charge in [-0.3, -0.25) is 10.1 Å². The molecule has 0 aliphatic carbocycles. The van der Waals surface area contributed by atoms with Crippen molar-refractivity contribution in [2.24, 2.45) is 0 Å². The lowest BCUT2D eigenvalue weighted by Gasteiger charge is -2.05. The largest absolute Gasteiger partial charge is 0.477 e. The Morgan fingerprint density at radius 1 is 1.40 bits per heavy atom. The lowest BCUT2D eigenvalue weighted by molar-refractivity contribution is -0.385. The fourth-order valence-corrected chi connectivity index (χ4v) is 1.83. The average molecular weight is 339 g/mol. The number of rotatable bonds is 4. The van der Waals surface area contributed by atoms with E-state index in [-0.39, 0.29) is 5.88 Å². The SMILES string of the molecule is O=C(O)c1cc(Oc2cccc(Br)c2)ncc1[N+](=O)[O-]. The highest BCUT2D eigenvalue weighted by Gasteiger charge is 2.21. The fraction of sp³-hybridized carbons (Fsp3) is 0. The van der Waals surface area contributed by atoms with Gasteiger partial charge in [0.2, 0.25) is 5.88 Å². The first-order chi connectivity index (χ1) is 9.47. The Morgan fingerprint density at radius 2 is 2.15 bits per heavy atom. The molecule has 1 heterocycles. The van der Waals surface area contributed by atoms with Crippen LogP contribution in [0.4, 0.5) is 5.69 Å². The maximum absolute atomic E-state index is 11.0. The predicted octanol–water partition coefficient (Wildman–Crippen LogP) is 3.24. The second kappa shape index (κ2) is 5.66. The van der Waals surface area contributed by atoms with Crippen LogP contribution in [0.15, 0.2) is 41.0 Å². The number of benzene rings is 1. The summed E-state index contributed by atoms with van der Waals surface area (Å²) in [5, 5.41) is 19.6. The van der Waals surface area contributed by atoms with Crippen molar-refractivity contribution in [3.8, 4) is 11.6 Å². The van der Waals surface area contributed by atoms with Crippen LogP contribution in [0.25, 0.3) is 0 Å². The number of nitrogens with zero attached hydrogens (tertiary/aromatic N) is 2. The normalized spacial score (nSPS) is 10.1. The van der Waals surface area contributed by atoms with Crippen LogP contribution in [0.3, 0.4) is 0 Å². The van der Waals surface area contributed by atoms with Gasteiger partial charge in [-0.2, -0.15) is 0 Å². The minimum Gasteiger partial charge on any atom is -0.477 e. The number of aromatic carboxylic acids is 1. The predicted molar refractivity (Wildman–Crippen MR) is 72.1 cm³/mol. The molecule has 1 aromatic heterocycles. The molecule has 0 atom stereocenters. The zero-order valence-corrected chi connectivity index (χ0v) is 11.4. The molecule has 0 saturated heterocycles. The standard InChI is InChI=1S/C12H7BrN2O5/c13-7-2-1-3-8(4-7)20-11-5-9(12(16)17)10(6-14-11)15(18)19/h1-6H,(H,16,17). The van der Waals surface area contributed by atoms with E-state index in [4.69, 9.17) is 9.84 Å². The first-order valence-electron chi connectivity index (χ1n) is 5.28. The average Bonchev–Trinajstić information content (AvgIpc) is 2.38. The lowest BCUT2D eigenvalue weighted by atomic mass is 10.2. The summed E-state index contributed by atoms with van der Waals surface area (Å²) in [5.41, 5.74) is -1.06. The van der Waals surface area contributed by atoms with E-state index in [1.807, 2.05) is 0 Å². The number of hydrogen-bond donors (Lipinski definition) is 1. The number of aromatic nitrogens is 1. The van der Waals surface area contributed by atoms with Crippen LogP contribution >= 0.6 is 15.9 Å². The molecule has 2 aromatic rings. The van der Waals surface area contributed by atoms with Crippen LogP contribution < -0.4 is 4.74 Å². The zero-order chi connectivity index (χ0) is 14.7. The van der Waals surface area contributed by atoms with Gasteiger partial charge in [0.15, 0.2) is 0 Å². The van der Waals surface area contributed by atoms with Crippen molar-refractivity contribution in [2.75, 3.05) is 0 Å². The molecule has 0 aliphatic heterocycles. The maximum atomic E-state index is 11.0. The first-order valence-corrected chi connectivity index (χ1v) is 6.08. The van der Waals surface area contributed by atoms with Crippen molar-refractivity contribution >= 4 is 27.6 Å². The van der Waals surface area contributed by atoms with Crippen LogP contribution in [-0.2, 0) is 0 Å². The molecule has 20 heavy (non-hydrogen) atoms. The van der Waals surface area contributed by atoms with Gasteiger partial charge in [0, 0.05) is 10.5 Å². The molecule has 7 nitrogen and oxygen atoms in total. The van der Waals surface area contributed by atoms with E-state index >= 15 is 0 Å². The molecular formula is C12H7BrN2O5. The van der Waals surface area contributed by atoms with Crippen LogP contribution in [0.1, 0.15) is 10.4 Å².